The Balaban J connectivity index is 1.90. The second-order valence-electron chi connectivity index (χ2n) is 7.87. The highest BCUT2D eigenvalue weighted by atomic mass is 19.4. The van der Waals surface area contributed by atoms with Crippen LogP contribution in [0.3, 0.4) is 0 Å². The molecule has 1 aliphatic rings. The first kappa shape index (κ1) is 23.1. The van der Waals surface area contributed by atoms with Gasteiger partial charge in [-0.25, -0.2) is 4.98 Å². The SMILES string of the molecule is COc1ccc2nc(C3CCC3)n(-c3ccc(C(O)(C(F)(F)F)C(F)(F)F)cc3)c(=O)c2c1. The standard InChI is InChI=1S/C22H18F6N2O3/c1-33-15-9-10-17-16(11-15)19(31)30(18(29-17)12-3-2-4-12)14-7-5-13(6-8-14)20(32,21(23,24)25)22(26,27)28/h5-12,32H,2-4H2,1H3. The normalized spacial score (nSPS) is 15.5. The molecule has 0 spiro atoms. The zero-order valence-corrected chi connectivity index (χ0v) is 17.2. The van der Waals surface area contributed by atoms with E-state index in [-0.39, 0.29) is 17.0 Å². The Kier molecular flexibility index (Phi) is 5.43. The number of hydrogen-bond donors (Lipinski definition) is 1. The number of aromatic nitrogens is 2. The first-order chi connectivity index (χ1) is 15.4. The van der Waals surface area contributed by atoms with Gasteiger partial charge in [0, 0.05) is 11.5 Å². The van der Waals surface area contributed by atoms with Gasteiger partial charge in [-0.2, -0.15) is 26.3 Å². The number of nitrogens with zero attached hydrogens (tertiary/aromatic N) is 2. The van der Waals surface area contributed by atoms with Gasteiger partial charge in [0.15, 0.2) is 0 Å². The summed E-state index contributed by atoms with van der Waals surface area (Å²) in [6.07, 6.45) is -9.60. The Morgan fingerprint density at radius 1 is 1.00 bits per heavy atom. The molecule has 33 heavy (non-hydrogen) atoms. The molecule has 0 saturated heterocycles. The van der Waals surface area contributed by atoms with Crippen LogP contribution in [0.4, 0.5) is 26.3 Å². The van der Waals surface area contributed by atoms with Crippen LogP contribution in [0.15, 0.2) is 47.3 Å². The summed E-state index contributed by atoms with van der Waals surface area (Å²) in [4.78, 5) is 17.9. The minimum atomic E-state index is -6.00. The lowest BCUT2D eigenvalue weighted by atomic mass is 9.84. The molecule has 5 nitrogen and oxygen atoms in total. The highest BCUT2D eigenvalue weighted by Crippen LogP contribution is 2.50. The van der Waals surface area contributed by atoms with Crippen molar-refractivity contribution in [2.45, 2.75) is 43.1 Å². The minimum Gasteiger partial charge on any atom is -0.497 e. The lowest BCUT2D eigenvalue weighted by Gasteiger charge is -2.33. The van der Waals surface area contributed by atoms with Crippen LogP contribution in [-0.4, -0.2) is 34.1 Å². The second-order valence-corrected chi connectivity index (χ2v) is 7.87. The fourth-order valence-corrected chi connectivity index (χ4v) is 3.84. The molecular formula is C22H18F6N2O3. The zero-order chi connectivity index (χ0) is 24.2. The molecule has 1 fully saturated rings. The van der Waals surface area contributed by atoms with Crippen LogP contribution >= 0.6 is 0 Å². The molecule has 0 unspecified atom stereocenters. The molecule has 1 aliphatic carbocycles. The van der Waals surface area contributed by atoms with E-state index < -0.39 is 29.1 Å². The van der Waals surface area contributed by atoms with E-state index in [1.54, 1.807) is 12.1 Å². The molecule has 0 amide bonds. The van der Waals surface area contributed by atoms with Crippen molar-refractivity contribution in [3.63, 3.8) is 0 Å². The summed E-state index contributed by atoms with van der Waals surface area (Å²) < 4.78 is 85.5. The average Bonchev–Trinajstić information content (AvgIpc) is 2.70. The summed E-state index contributed by atoms with van der Waals surface area (Å²) in [6.45, 7) is 0. The van der Waals surface area contributed by atoms with Crippen LogP contribution in [0.1, 0.15) is 36.6 Å². The molecule has 1 heterocycles. The summed E-state index contributed by atoms with van der Waals surface area (Å²) in [7, 11) is 1.41. The highest BCUT2D eigenvalue weighted by Gasteiger charge is 2.71. The van der Waals surface area contributed by atoms with Gasteiger partial charge >= 0.3 is 12.4 Å². The third-order valence-electron chi connectivity index (χ3n) is 5.94. The van der Waals surface area contributed by atoms with Crippen LogP contribution in [0.5, 0.6) is 5.75 Å². The van der Waals surface area contributed by atoms with Crippen molar-refractivity contribution in [1.29, 1.82) is 0 Å². The van der Waals surface area contributed by atoms with Crippen LogP contribution in [0.25, 0.3) is 16.6 Å². The summed E-state index contributed by atoms with van der Waals surface area (Å²) in [5, 5.41) is 9.80. The third kappa shape index (κ3) is 3.64. The van der Waals surface area contributed by atoms with Crippen LogP contribution < -0.4 is 10.3 Å². The molecule has 0 atom stereocenters. The smallest absolute Gasteiger partial charge is 0.430 e. The maximum absolute atomic E-state index is 13.3. The van der Waals surface area contributed by atoms with Gasteiger partial charge in [-0.15, -0.1) is 0 Å². The summed E-state index contributed by atoms with van der Waals surface area (Å²) in [5.74, 6) is 0.685. The molecule has 2 aromatic carbocycles. The molecule has 4 rings (SSSR count). The number of aliphatic hydroxyl groups is 1. The molecule has 1 aromatic heterocycles. The van der Waals surface area contributed by atoms with E-state index in [1.165, 1.54) is 17.7 Å². The molecule has 176 valence electrons. The molecular weight excluding hydrogens is 454 g/mol. The van der Waals surface area contributed by atoms with Gasteiger partial charge in [-0.05, 0) is 43.2 Å². The van der Waals surface area contributed by atoms with Crippen LogP contribution in [-0.2, 0) is 5.60 Å². The number of benzene rings is 2. The summed E-state index contributed by atoms with van der Waals surface area (Å²) in [5.41, 5.74) is -6.54. The van der Waals surface area contributed by atoms with Gasteiger partial charge < -0.3 is 9.84 Å². The fraction of sp³-hybridized carbons (Fsp3) is 0.364. The quantitative estimate of drug-likeness (QED) is 0.545. The molecule has 1 N–H and O–H groups in total. The molecule has 11 heteroatoms. The van der Waals surface area contributed by atoms with Gasteiger partial charge in [-0.3, -0.25) is 9.36 Å². The summed E-state index contributed by atoms with van der Waals surface area (Å²) in [6, 6.07) is 7.62. The number of fused-ring (bicyclic) bond motifs is 1. The Labute approximate surface area is 183 Å². The van der Waals surface area contributed by atoms with E-state index in [0.29, 0.717) is 29.2 Å². The van der Waals surface area contributed by atoms with Gasteiger partial charge in [-0.1, -0.05) is 18.6 Å². The largest absolute Gasteiger partial charge is 0.497 e. The predicted molar refractivity (Wildman–Crippen MR) is 106 cm³/mol. The van der Waals surface area contributed by atoms with Crippen LogP contribution in [0.2, 0.25) is 0 Å². The minimum absolute atomic E-state index is 0.0366. The van der Waals surface area contributed by atoms with E-state index in [4.69, 9.17) is 4.74 Å². The van der Waals surface area contributed by atoms with E-state index >= 15 is 0 Å². The van der Waals surface area contributed by atoms with Gasteiger partial charge in [0.05, 0.1) is 23.7 Å². The monoisotopic (exact) mass is 472 g/mol. The zero-order valence-electron chi connectivity index (χ0n) is 17.2. The van der Waals surface area contributed by atoms with Crippen molar-refractivity contribution in [3.8, 4) is 11.4 Å². The van der Waals surface area contributed by atoms with Crippen molar-refractivity contribution in [2.24, 2.45) is 0 Å². The first-order valence-corrected chi connectivity index (χ1v) is 9.96. The van der Waals surface area contributed by atoms with E-state index in [1.807, 2.05) is 0 Å². The van der Waals surface area contributed by atoms with Crippen LogP contribution in [0, 0.1) is 0 Å². The third-order valence-corrected chi connectivity index (χ3v) is 5.94. The fourth-order valence-electron chi connectivity index (χ4n) is 3.84. The predicted octanol–water partition coefficient (Wildman–Crippen LogP) is 4.97. The second kappa shape index (κ2) is 7.75. The number of hydrogen-bond acceptors (Lipinski definition) is 4. The number of methoxy groups -OCH3 is 1. The van der Waals surface area contributed by atoms with E-state index in [0.717, 1.165) is 31.4 Å². The van der Waals surface area contributed by atoms with Gasteiger partial charge in [0.25, 0.3) is 11.2 Å². The Morgan fingerprint density at radius 3 is 2.09 bits per heavy atom. The van der Waals surface area contributed by atoms with Gasteiger partial charge in [0.2, 0.25) is 0 Å². The van der Waals surface area contributed by atoms with E-state index in [2.05, 4.69) is 4.98 Å². The van der Waals surface area contributed by atoms with Crippen molar-refractivity contribution >= 4 is 10.9 Å². The van der Waals surface area contributed by atoms with Crippen molar-refractivity contribution < 1.29 is 36.2 Å². The number of ether oxygens (including phenoxy) is 1. The Morgan fingerprint density at radius 2 is 1.61 bits per heavy atom. The molecule has 1 saturated carbocycles. The summed E-state index contributed by atoms with van der Waals surface area (Å²) >= 11 is 0. The molecule has 0 bridgehead atoms. The van der Waals surface area contributed by atoms with Crippen molar-refractivity contribution in [3.05, 3.63) is 64.2 Å². The number of halogens is 6. The van der Waals surface area contributed by atoms with Gasteiger partial charge in [0.1, 0.15) is 11.6 Å². The Hall–Kier alpha value is -3.08. The molecule has 3 aromatic rings. The lowest BCUT2D eigenvalue weighted by molar-refractivity contribution is -0.376. The lowest BCUT2D eigenvalue weighted by Crippen LogP contribution is -2.53. The molecule has 0 aliphatic heterocycles. The maximum atomic E-state index is 13.3. The Bertz CT molecular complexity index is 1230. The topological polar surface area (TPSA) is 64.3 Å². The average molecular weight is 472 g/mol. The van der Waals surface area contributed by atoms with Crippen molar-refractivity contribution in [2.75, 3.05) is 7.11 Å². The highest BCUT2D eigenvalue weighted by molar-refractivity contribution is 5.79. The number of alkyl halides is 6. The molecule has 0 radical (unpaired) electrons. The van der Waals surface area contributed by atoms with Crippen molar-refractivity contribution in [1.82, 2.24) is 9.55 Å². The van der Waals surface area contributed by atoms with E-state index in [9.17, 15) is 36.2 Å². The number of rotatable bonds is 4. The first-order valence-electron chi connectivity index (χ1n) is 9.96. The maximum Gasteiger partial charge on any atom is 0.430 e.